The van der Waals surface area contributed by atoms with Gasteiger partial charge in [-0.3, -0.25) is 9.89 Å². The second-order valence-corrected chi connectivity index (χ2v) is 5.28. The van der Waals surface area contributed by atoms with Crippen LogP contribution in [0, 0.1) is 6.92 Å². The van der Waals surface area contributed by atoms with Gasteiger partial charge < -0.3 is 14.4 Å². The molecular weight excluding hydrogens is 282 g/mol. The van der Waals surface area contributed by atoms with E-state index in [1.54, 1.807) is 14.2 Å². The Hall–Kier alpha value is -2.34. The van der Waals surface area contributed by atoms with Crippen molar-refractivity contribution in [2.24, 2.45) is 0 Å². The molecule has 2 heterocycles. The van der Waals surface area contributed by atoms with E-state index in [1.807, 2.05) is 36.1 Å². The molecule has 0 bridgehead atoms. The number of benzene rings is 1. The van der Waals surface area contributed by atoms with Crippen molar-refractivity contribution in [3.05, 3.63) is 46.8 Å². The minimum absolute atomic E-state index is 0.0581. The number of aromatic amines is 1. The van der Waals surface area contributed by atoms with Crippen LogP contribution in [0.1, 0.15) is 33.4 Å². The van der Waals surface area contributed by atoms with E-state index in [-0.39, 0.29) is 11.9 Å². The molecule has 0 radical (unpaired) electrons. The van der Waals surface area contributed by atoms with Crippen LogP contribution >= 0.6 is 0 Å². The second-order valence-electron chi connectivity index (χ2n) is 5.28. The molecule has 116 valence electrons. The lowest BCUT2D eigenvalue weighted by atomic mass is 9.99. The van der Waals surface area contributed by atoms with Crippen LogP contribution in [0.3, 0.4) is 0 Å². The van der Waals surface area contributed by atoms with Crippen LogP contribution in [0.5, 0.6) is 5.75 Å². The van der Waals surface area contributed by atoms with Gasteiger partial charge in [0.2, 0.25) is 0 Å². The number of aryl methyl sites for hydroxylation is 1. The van der Waals surface area contributed by atoms with E-state index in [2.05, 4.69) is 10.2 Å². The predicted octanol–water partition coefficient (Wildman–Crippen LogP) is 1.92. The number of amides is 1. The molecule has 1 aromatic carbocycles. The Morgan fingerprint density at radius 2 is 2.00 bits per heavy atom. The number of hydrogen-bond acceptors (Lipinski definition) is 4. The highest BCUT2D eigenvalue weighted by molar-refractivity contribution is 5.98. The number of nitrogens with zero attached hydrogens (tertiary/aromatic N) is 2. The van der Waals surface area contributed by atoms with Gasteiger partial charge in [0.15, 0.2) is 5.69 Å². The molecule has 0 aliphatic carbocycles. The maximum absolute atomic E-state index is 12.6. The van der Waals surface area contributed by atoms with E-state index in [0.29, 0.717) is 18.8 Å². The number of nitrogens with one attached hydrogen (secondary N) is 1. The molecule has 3 rings (SSSR count). The lowest BCUT2D eigenvalue weighted by molar-refractivity contribution is 0.0677. The van der Waals surface area contributed by atoms with Crippen LogP contribution in [-0.4, -0.2) is 48.4 Å². The maximum Gasteiger partial charge on any atom is 0.275 e. The zero-order valence-corrected chi connectivity index (χ0v) is 12.9. The van der Waals surface area contributed by atoms with Gasteiger partial charge in [-0.05, 0) is 24.6 Å². The first-order valence-corrected chi connectivity index (χ1v) is 7.16. The van der Waals surface area contributed by atoms with Crippen LogP contribution in [0.2, 0.25) is 0 Å². The highest BCUT2D eigenvalue weighted by Crippen LogP contribution is 2.39. The van der Waals surface area contributed by atoms with E-state index in [0.717, 1.165) is 22.6 Å². The molecule has 0 unspecified atom stereocenters. The van der Waals surface area contributed by atoms with Crippen LogP contribution in [0.25, 0.3) is 0 Å². The van der Waals surface area contributed by atoms with Gasteiger partial charge in [0, 0.05) is 24.9 Å². The summed E-state index contributed by atoms with van der Waals surface area (Å²) in [5.41, 5.74) is 3.42. The highest BCUT2D eigenvalue weighted by Gasteiger charge is 2.41. The average molecular weight is 301 g/mol. The summed E-state index contributed by atoms with van der Waals surface area (Å²) in [4.78, 5) is 14.4. The number of ether oxygens (including phenoxy) is 2. The Morgan fingerprint density at radius 1 is 1.27 bits per heavy atom. The van der Waals surface area contributed by atoms with Crippen molar-refractivity contribution in [1.29, 1.82) is 0 Å². The fourth-order valence-electron chi connectivity index (χ4n) is 2.90. The molecule has 0 saturated heterocycles. The Morgan fingerprint density at radius 3 is 2.64 bits per heavy atom. The molecule has 1 aromatic heterocycles. The van der Waals surface area contributed by atoms with E-state index in [1.165, 1.54) is 0 Å². The smallest absolute Gasteiger partial charge is 0.275 e. The summed E-state index contributed by atoms with van der Waals surface area (Å²) in [6.45, 7) is 2.96. The normalized spacial score (nSPS) is 17.0. The van der Waals surface area contributed by atoms with Crippen LogP contribution < -0.4 is 4.74 Å². The van der Waals surface area contributed by atoms with Crippen LogP contribution in [-0.2, 0) is 4.74 Å². The van der Waals surface area contributed by atoms with Gasteiger partial charge in [-0.1, -0.05) is 12.1 Å². The maximum atomic E-state index is 12.6. The molecular formula is C16H19N3O3. The number of fused-ring (bicyclic) bond motifs is 1. The van der Waals surface area contributed by atoms with Crippen molar-refractivity contribution >= 4 is 5.91 Å². The molecule has 22 heavy (non-hydrogen) atoms. The summed E-state index contributed by atoms with van der Waals surface area (Å²) >= 11 is 0. The Kier molecular flexibility index (Phi) is 3.85. The number of H-pyrrole nitrogens is 1. The first kappa shape index (κ1) is 14.6. The van der Waals surface area contributed by atoms with Gasteiger partial charge in [0.05, 0.1) is 19.8 Å². The number of aromatic nitrogens is 2. The predicted molar refractivity (Wildman–Crippen MR) is 81.1 cm³/mol. The van der Waals surface area contributed by atoms with Crippen molar-refractivity contribution in [1.82, 2.24) is 15.1 Å². The number of rotatable bonds is 5. The molecule has 1 N–H and O–H groups in total. The molecule has 6 heteroatoms. The number of hydrogen-bond donors (Lipinski definition) is 1. The molecule has 1 atom stereocenters. The standard InChI is InChI=1S/C16H19N3O3/c1-10-13-14(18-17-10)16(20)19(8-9-21-2)15(13)11-4-6-12(22-3)7-5-11/h4-7,15H,8-9H2,1-3H3,(H,17,18)/t15-/m0/s1. The fraction of sp³-hybridized carbons (Fsp3) is 0.375. The molecule has 1 amide bonds. The molecule has 0 spiro atoms. The summed E-state index contributed by atoms with van der Waals surface area (Å²) in [7, 11) is 3.27. The van der Waals surface area contributed by atoms with Gasteiger partial charge >= 0.3 is 0 Å². The highest BCUT2D eigenvalue weighted by atomic mass is 16.5. The fourth-order valence-corrected chi connectivity index (χ4v) is 2.90. The van der Waals surface area contributed by atoms with Crippen molar-refractivity contribution in [3.8, 4) is 5.75 Å². The largest absolute Gasteiger partial charge is 0.497 e. The lowest BCUT2D eigenvalue weighted by Crippen LogP contribution is -2.32. The second kappa shape index (κ2) is 5.81. The molecule has 1 aliphatic rings. The van der Waals surface area contributed by atoms with Crippen molar-refractivity contribution in [2.75, 3.05) is 27.4 Å². The Labute approximate surface area is 129 Å². The van der Waals surface area contributed by atoms with Crippen LogP contribution in [0.4, 0.5) is 0 Å². The van der Waals surface area contributed by atoms with E-state index >= 15 is 0 Å². The first-order valence-electron chi connectivity index (χ1n) is 7.16. The van der Waals surface area contributed by atoms with E-state index < -0.39 is 0 Å². The molecule has 1 aliphatic heterocycles. The molecule has 0 fully saturated rings. The van der Waals surface area contributed by atoms with Gasteiger partial charge in [-0.25, -0.2) is 0 Å². The van der Waals surface area contributed by atoms with Gasteiger partial charge in [0.1, 0.15) is 5.75 Å². The van der Waals surface area contributed by atoms with Gasteiger partial charge in [-0.15, -0.1) is 0 Å². The average Bonchev–Trinajstić information content (AvgIpc) is 3.05. The van der Waals surface area contributed by atoms with Crippen molar-refractivity contribution in [2.45, 2.75) is 13.0 Å². The van der Waals surface area contributed by atoms with Crippen LogP contribution in [0.15, 0.2) is 24.3 Å². The van der Waals surface area contributed by atoms with E-state index in [4.69, 9.17) is 9.47 Å². The third kappa shape index (κ3) is 2.25. The summed E-state index contributed by atoms with van der Waals surface area (Å²) in [6, 6.07) is 7.64. The van der Waals surface area contributed by atoms with E-state index in [9.17, 15) is 4.79 Å². The minimum Gasteiger partial charge on any atom is -0.497 e. The molecule has 2 aromatic rings. The van der Waals surface area contributed by atoms with Crippen molar-refractivity contribution in [3.63, 3.8) is 0 Å². The molecule has 0 saturated carbocycles. The SMILES string of the molecule is COCCN1C(=O)c2n[nH]c(C)c2[C@@H]1c1ccc(OC)cc1. The van der Waals surface area contributed by atoms with Gasteiger partial charge in [0.25, 0.3) is 5.91 Å². The summed E-state index contributed by atoms with van der Waals surface area (Å²) < 4.78 is 10.3. The first-order chi connectivity index (χ1) is 10.7. The Balaban J connectivity index is 2.02. The third-order valence-corrected chi connectivity index (χ3v) is 4.01. The summed E-state index contributed by atoms with van der Waals surface area (Å²) in [6.07, 6.45) is 0. The number of carbonyl (C=O) groups excluding carboxylic acids is 1. The summed E-state index contributed by atoms with van der Waals surface area (Å²) in [5.74, 6) is 0.734. The number of methoxy groups -OCH3 is 2. The quantitative estimate of drug-likeness (QED) is 0.916. The van der Waals surface area contributed by atoms with Crippen molar-refractivity contribution < 1.29 is 14.3 Å². The topological polar surface area (TPSA) is 67.5 Å². The van der Waals surface area contributed by atoms with Gasteiger partial charge in [-0.2, -0.15) is 5.10 Å². The molecule has 6 nitrogen and oxygen atoms in total. The lowest BCUT2D eigenvalue weighted by Gasteiger charge is -2.26. The zero-order chi connectivity index (χ0) is 15.7. The monoisotopic (exact) mass is 301 g/mol. The number of carbonyl (C=O) groups is 1. The summed E-state index contributed by atoms with van der Waals surface area (Å²) in [5, 5.41) is 7.08. The third-order valence-electron chi connectivity index (χ3n) is 4.01. The Bertz CT molecular complexity index is 678. The zero-order valence-electron chi connectivity index (χ0n) is 12.9. The minimum atomic E-state index is -0.137.